The Hall–Kier alpha value is -1.75. The number of benzene rings is 1. The summed E-state index contributed by atoms with van der Waals surface area (Å²) in [7, 11) is 7.01. The van der Waals surface area contributed by atoms with Crippen LogP contribution in [0, 0.1) is 0 Å². The van der Waals surface area contributed by atoms with Crippen LogP contribution in [0.1, 0.15) is 18.4 Å². The monoisotopic (exact) mass is 280 g/mol. The van der Waals surface area contributed by atoms with Crippen LogP contribution in [0.15, 0.2) is 18.2 Å². The number of anilines is 1. The minimum atomic E-state index is -0.541. The molecule has 0 bridgehead atoms. The van der Waals surface area contributed by atoms with Crippen molar-refractivity contribution in [1.29, 1.82) is 0 Å². The van der Waals surface area contributed by atoms with Crippen LogP contribution < -0.4 is 15.4 Å². The summed E-state index contributed by atoms with van der Waals surface area (Å²) < 4.78 is 9.86. The number of methoxy groups -OCH3 is 2. The van der Waals surface area contributed by atoms with Crippen molar-refractivity contribution in [3.63, 3.8) is 0 Å². The molecule has 0 aromatic heterocycles. The second-order valence-corrected chi connectivity index (χ2v) is 4.91. The average Bonchev–Trinajstić information content (AvgIpc) is 2.46. The zero-order chi connectivity index (χ0) is 15.1. The van der Waals surface area contributed by atoms with Crippen LogP contribution in [0.3, 0.4) is 0 Å². The van der Waals surface area contributed by atoms with E-state index < -0.39 is 6.04 Å². The van der Waals surface area contributed by atoms with Crippen LogP contribution >= 0.6 is 0 Å². The molecule has 20 heavy (non-hydrogen) atoms. The number of hydrogen-bond acceptors (Lipinski definition) is 5. The Bertz CT molecular complexity index is 447. The van der Waals surface area contributed by atoms with Crippen molar-refractivity contribution in [1.82, 2.24) is 0 Å². The van der Waals surface area contributed by atoms with E-state index in [0.29, 0.717) is 6.42 Å². The number of esters is 1. The Morgan fingerprint density at radius 3 is 2.60 bits per heavy atom. The third-order valence-electron chi connectivity index (χ3n) is 3.24. The predicted molar refractivity (Wildman–Crippen MR) is 80.3 cm³/mol. The van der Waals surface area contributed by atoms with E-state index in [0.717, 1.165) is 24.3 Å². The summed E-state index contributed by atoms with van der Waals surface area (Å²) in [6, 6.07) is 5.47. The Morgan fingerprint density at radius 1 is 1.35 bits per heavy atom. The van der Waals surface area contributed by atoms with Crippen molar-refractivity contribution in [3.8, 4) is 5.75 Å². The summed E-state index contributed by atoms with van der Waals surface area (Å²) in [6.07, 6.45) is 2.32. The molecule has 1 unspecified atom stereocenters. The Balaban J connectivity index is 2.66. The smallest absolute Gasteiger partial charge is 0.322 e. The van der Waals surface area contributed by atoms with E-state index in [1.54, 1.807) is 7.11 Å². The second-order valence-electron chi connectivity index (χ2n) is 4.91. The maximum absolute atomic E-state index is 11.2. The number of nitrogens with zero attached hydrogens (tertiary/aromatic N) is 1. The topological polar surface area (TPSA) is 64.8 Å². The highest BCUT2D eigenvalue weighted by Gasteiger charge is 2.14. The van der Waals surface area contributed by atoms with Gasteiger partial charge in [0.1, 0.15) is 11.8 Å². The molecule has 0 radical (unpaired) electrons. The molecule has 1 aromatic rings. The third kappa shape index (κ3) is 4.42. The van der Waals surface area contributed by atoms with Gasteiger partial charge in [-0.2, -0.15) is 0 Å². The summed E-state index contributed by atoms with van der Waals surface area (Å²) >= 11 is 0. The molecular formula is C15H24N2O3. The van der Waals surface area contributed by atoms with E-state index in [1.165, 1.54) is 12.7 Å². The molecule has 0 aliphatic heterocycles. The van der Waals surface area contributed by atoms with Gasteiger partial charge in [0.25, 0.3) is 0 Å². The van der Waals surface area contributed by atoms with Crippen LogP contribution in [-0.4, -0.2) is 40.3 Å². The molecule has 0 aliphatic carbocycles. The fraction of sp³-hybridized carbons (Fsp3) is 0.533. The number of aryl methyl sites for hydroxylation is 1. The first-order valence-corrected chi connectivity index (χ1v) is 6.67. The van der Waals surface area contributed by atoms with Crippen LogP contribution in [0.25, 0.3) is 0 Å². The molecule has 112 valence electrons. The van der Waals surface area contributed by atoms with Gasteiger partial charge in [-0.25, -0.2) is 0 Å². The number of rotatable bonds is 7. The molecule has 0 saturated carbocycles. The highest BCUT2D eigenvalue weighted by molar-refractivity contribution is 5.75. The van der Waals surface area contributed by atoms with E-state index in [-0.39, 0.29) is 5.97 Å². The predicted octanol–water partition coefficient (Wildman–Crippen LogP) is 1.58. The van der Waals surface area contributed by atoms with E-state index >= 15 is 0 Å². The molecular weight excluding hydrogens is 256 g/mol. The molecule has 1 aromatic carbocycles. The minimum absolute atomic E-state index is 0.354. The van der Waals surface area contributed by atoms with E-state index in [4.69, 9.17) is 10.5 Å². The summed E-state index contributed by atoms with van der Waals surface area (Å²) in [5, 5.41) is 0. The summed E-state index contributed by atoms with van der Waals surface area (Å²) in [4.78, 5) is 13.3. The summed E-state index contributed by atoms with van der Waals surface area (Å²) in [5.41, 5.74) is 8.07. The van der Waals surface area contributed by atoms with Gasteiger partial charge >= 0.3 is 5.97 Å². The fourth-order valence-corrected chi connectivity index (χ4v) is 2.08. The number of ether oxygens (including phenoxy) is 2. The van der Waals surface area contributed by atoms with Crippen molar-refractivity contribution in [2.75, 3.05) is 33.2 Å². The zero-order valence-electron chi connectivity index (χ0n) is 12.7. The van der Waals surface area contributed by atoms with E-state index in [2.05, 4.69) is 15.7 Å². The maximum atomic E-state index is 11.2. The fourth-order valence-electron chi connectivity index (χ4n) is 2.08. The first-order valence-electron chi connectivity index (χ1n) is 6.67. The van der Waals surface area contributed by atoms with Crippen molar-refractivity contribution in [2.45, 2.75) is 25.3 Å². The first-order chi connectivity index (χ1) is 9.49. The van der Waals surface area contributed by atoms with E-state index in [1.807, 2.05) is 26.2 Å². The number of hydrogen-bond donors (Lipinski definition) is 1. The molecule has 0 amide bonds. The molecule has 0 aliphatic rings. The lowest BCUT2D eigenvalue weighted by Gasteiger charge is -2.19. The molecule has 0 saturated heterocycles. The lowest BCUT2D eigenvalue weighted by molar-refractivity contribution is -0.142. The summed E-state index contributed by atoms with van der Waals surface area (Å²) in [5.74, 6) is 0.483. The van der Waals surface area contributed by atoms with Crippen LogP contribution in [0.2, 0.25) is 0 Å². The van der Waals surface area contributed by atoms with Gasteiger partial charge in [-0.15, -0.1) is 0 Å². The largest absolute Gasteiger partial charge is 0.497 e. The van der Waals surface area contributed by atoms with Gasteiger partial charge in [0, 0.05) is 25.8 Å². The van der Waals surface area contributed by atoms with Crippen molar-refractivity contribution < 1.29 is 14.3 Å². The number of nitrogens with two attached hydrogens (primary N) is 1. The van der Waals surface area contributed by atoms with Gasteiger partial charge in [-0.05, 0) is 30.9 Å². The zero-order valence-corrected chi connectivity index (χ0v) is 12.7. The Morgan fingerprint density at radius 2 is 2.05 bits per heavy atom. The Kier molecular flexibility index (Phi) is 6.31. The van der Waals surface area contributed by atoms with Crippen LogP contribution in [0.5, 0.6) is 5.75 Å². The highest BCUT2D eigenvalue weighted by Crippen LogP contribution is 2.26. The van der Waals surface area contributed by atoms with Gasteiger partial charge in [-0.3, -0.25) is 4.79 Å². The average molecular weight is 280 g/mol. The molecule has 5 nitrogen and oxygen atoms in total. The molecule has 5 heteroatoms. The van der Waals surface area contributed by atoms with Gasteiger partial charge in [0.15, 0.2) is 0 Å². The Labute approximate surface area is 120 Å². The third-order valence-corrected chi connectivity index (χ3v) is 3.24. The normalized spacial score (nSPS) is 11.8. The van der Waals surface area contributed by atoms with Gasteiger partial charge in [0.2, 0.25) is 0 Å². The number of carbonyl (C=O) groups is 1. The standard InChI is InChI=1S/C15H24N2O3/c1-17(2)14-10-12(19-3)9-8-11(14)6-5-7-13(16)15(18)20-4/h8-10,13H,5-7,16H2,1-4H3. The van der Waals surface area contributed by atoms with Crippen molar-refractivity contribution in [3.05, 3.63) is 23.8 Å². The van der Waals surface area contributed by atoms with Gasteiger partial charge in [0.05, 0.1) is 14.2 Å². The molecule has 0 heterocycles. The van der Waals surface area contributed by atoms with Crippen LogP contribution in [-0.2, 0) is 16.0 Å². The van der Waals surface area contributed by atoms with Crippen molar-refractivity contribution in [2.24, 2.45) is 5.73 Å². The highest BCUT2D eigenvalue weighted by atomic mass is 16.5. The van der Waals surface area contributed by atoms with Gasteiger partial charge in [-0.1, -0.05) is 6.07 Å². The molecule has 0 spiro atoms. The van der Waals surface area contributed by atoms with Gasteiger partial charge < -0.3 is 20.1 Å². The quantitative estimate of drug-likeness (QED) is 0.768. The lowest BCUT2D eigenvalue weighted by atomic mass is 10.0. The van der Waals surface area contributed by atoms with E-state index in [9.17, 15) is 4.79 Å². The van der Waals surface area contributed by atoms with Crippen molar-refractivity contribution >= 4 is 11.7 Å². The lowest BCUT2D eigenvalue weighted by Crippen LogP contribution is -2.31. The molecule has 2 N–H and O–H groups in total. The molecule has 1 rings (SSSR count). The number of carbonyl (C=O) groups excluding carboxylic acids is 1. The molecule has 0 fully saturated rings. The molecule has 1 atom stereocenters. The minimum Gasteiger partial charge on any atom is -0.497 e. The van der Waals surface area contributed by atoms with Crippen LogP contribution in [0.4, 0.5) is 5.69 Å². The SMILES string of the molecule is COC(=O)C(N)CCCc1ccc(OC)cc1N(C)C. The maximum Gasteiger partial charge on any atom is 0.322 e. The first kappa shape index (κ1) is 16.3. The summed E-state index contributed by atoms with van der Waals surface area (Å²) in [6.45, 7) is 0. The second kappa shape index (κ2) is 7.75.